The van der Waals surface area contributed by atoms with Gasteiger partial charge >= 0.3 is 0 Å². The average Bonchev–Trinajstić information content (AvgIpc) is 2.90. The van der Waals surface area contributed by atoms with Gasteiger partial charge in [0.15, 0.2) is 11.3 Å². The lowest BCUT2D eigenvalue weighted by molar-refractivity contribution is 0.101. The van der Waals surface area contributed by atoms with E-state index in [0.717, 1.165) is 0 Å². The third-order valence-corrected chi connectivity index (χ3v) is 3.59. The summed E-state index contributed by atoms with van der Waals surface area (Å²) in [6, 6.07) is 11.8. The van der Waals surface area contributed by atoms with E-state index in [9.17, 15) is 4.79 Å². The van der Waals surface area contributed by atoms with Gasteiger partial charge in [0.25, 0.3) is 0 Å². The highest BCUT2D eigenvalue weighted by Crippen LogP contribution is 2.31. The molecule has 0 saturated carbocycles. The van der Waals surface area contributed by atoms with Crippen molar-refractivity contribution in [2.45, 2.75) is 0 Å². The van der Waals surface area contributed by atoms with Crippen molar-refractivity contribution in [1.82, 2.24) is 0 Å². The van der Waals surface area contributed by atoms with Crippen molar-refractivity contribution in [3.05, 3.63) is 63.8 Å². The Kier molecular flexibility index (Phi) is 3.62. The SMILES string of the molecule is COc1cccc(C(=O)c2cc3cc(Cl)cc(Cl)c3o2)c1. The van der Waals surface area contributed by atoms with E-state index in [1.165, 1.54) is 0 Å². The second-order valence-electron chi connectivity index (χ2n) is 4.48. The number of hydrogen-bond donors (Lipinski definition) is 0. The molecule has 0 fully saturated rings. The topological polar surface area (TPSA) is 39.4 Å². The van der Waals surface area contributed by atoms with Crippen molar-refractivity contribution in [2.75, 3.05) is 7.11 Å². The number of fused-ring (bicyclic) bond motifs is 1. The Morgan fingerprint density at radius 3 is 2.71 bits per heavy atom. The first-order chi connectivity index (χ1) is 10.1. The van der Waals surface area contributed by atoms with E-state index in [1.54, 1.807) is 49.6 Å². The molecule has 3 rings (SSSR count). The molecule has 1 heterocycles. The summed E-state index contributed by atoms with van der Waals surface area (Å²) < 4.78 is 10.7. The average molecular weight is 321 g/mol. The Balaban J connectivity index is 2.07. The lowest BCUT2D eigenvalue weighted by Crippen LogP contribution is -1.99. The van der Waals surface area contributed by atoms with E-state index in [0.29, 0.717) is 32.3 Å². The summed E-state index contributed by atoms with van der Waals surface area (Å²) in [5, 5.41) is 1.56. The summed E-state index contributed by atoms with van der Waals surface area (Å²) in [5.41, 5.74) is 0.933. The maximum absolute atomic E-state index is 12.5. The van der Waals surface area contributed by atoms with Crippen LogP contribution in [0.2, 0.25) is 10.0 Å². The molecule has 0 aliphatic rings. The van der Waals surface area contributed by atoms with Crippen LogP contribution in [0.25, 0.3) is 11.0 Å². The van der Waals surface area contributed by atoms with Crippen molar-refractivity contribution >= 4 is 40.0 Å². The molecule has 0 bridgehead atoms. The molecule has 0 N–H and O–H groups in total. The molecular formula is C16H10Cl2O3. The standard InChI is InChI=1S/C16H10Cl2O3/c1-20-12-4-2-3-9(6-12)15(19)14-7-10-5-11(17)8-13(18)16(10)21-14/h2-8H,1H3. The first-order valence-electron chi connectivity index (χ1n) is 6.16. The third kappa shape index (κ3) is 2.62. The molecule has 3 nitrogen and oxygen atoms in total. The first-order valence-corrected chi connectivity index (χ1v) is 6.91. The normalized spacial score (nSPS) is 10.8. The van der Waals surface area contributed by atoms with E-state index in [2.05, 4.69) is 0 Å². The van der Waals surface area contributed by atoms with Crippen molar-refractivity contribution in [1.29, 1.82) is 0 Å². The smallest absolute Gasteiger partial charge is 0.228 e. The van der Waals surface area contributed by atoms with Gasteiger partial charge in [0.2, 0.25) is 5.78 Å². The highest BCUT2D eigenvalue weighted by molar-refractivity contribution is 6.38. The van der Waals surface area contributed by atoms with Crippen LogP contribution >= 0.6 is 23.2 Å². The molecule has 0 spiro atoms. The number of carbonyl (C=O) groups excluding carboxylic acids is 1. The van der Waals surface area contributed by atoms with Crippen LogP contribution in [0.5, 0.6) is 5.75 Å². The number of methoxy groups -OCH3 is 1. The zero-order chi connectivity index (χ0) is 15.0. The monoisotopic (exact) mass is 320 g/mol. The first kappa shape index (κ1) is 14.0. The Morgan fingerprint density at radius 1 is 1.14 bits per heavy atom. The maximum Gasteiger partial charge on any atom is 0.228 e. The molecule has 2 aromatic carbocycles. The number of ketones is 1. The molecule has 0 radical (unpaired) electrons. The lowest BCUT2D eigenvalue weighted by atomic mass is 10.1. The van der Waals surface area contributed by atoms with Gasteiger partial charge in [-0.1, -0.05) is 35.3 Å². The van der Waals surface area contributed by atoms with Gasteiger partial charge in [0.05, 0.1) is 12.1 Å². The molecule has 0 saturated heterocycles. The fourth-order valence-corrected chi connectivity index (χ4v) is 2.64. The lowest BCUT2D eigenvalue weighted by Gasteiger charge is -2.01. The summed E-state index contributed by atoms with van der Waals surface area (Å²) in [6.07, 6.45) is 0. The summed E-state index contributed by atoms with van der Waals surface area (Å²) in [4.78, 5) is 12.5. The van der Waals surface area contributed by atoms with Gasteiger partial charge in [-0.15, -0.1) is 0 Å². The number of rotatable bonds is 3. The Hall–Kier alpha value is -1.97. The van der Waals surface area contributed by atoms with Crippen LogP contribution in [0.4, 0.5) is 0 Å². The fourth-order valence-electron chi connectivity index (χ4n) is 2.09. The molecular weight excluding hydrogens is 311 g/mol. The van der Waals surface area contributed by atoms with E-state index >= 15 is 0 Å². The molecule has 0 aliphatic carbocycles. The molecule has 21 heavy (non-hydrogen) atoms. The summed E-state index contributed by atoms with van der Waals surface area (Å²) in [7, 11) is 1.55. The Morgan fingerprint density at radius 2 is 1.95 bits per heavy atom. The van der Waals surface area contributed by atoms with Crippen LogP contribution in [0.1, 0.15) is 16.1 Å². The highest BCUT2D eigenvalue weighted by atomic mass is 35.5. The quantitative estimate of drug-likeness (QED) is 0.639. The molecule has 3 aromatic rings. The second kappa shape index (κ2) is 5.43. The minimum atomic E-state index is -0.239. The predicted octanol–water partition coefficient (Wildman–Crippen LogP) is 4.98. The van der Waals surface area contributed by atoms with Gasteiger partial charge in [-0.2, -0.15) is 0 Å². The van der Waals surface area contributed by atoms with Gasteiger partial charge in [-0.3, -0.25) is 4.79 Å². The van der Waals surface area contributed by atoms with Crippen LogP contribution in [-0.4, -0.2) is 12.9 Å². The second-order valence-corrected chi connectivity index (χ2v) is 5.32. The third-order valence-electron chi connectivity index (χ3n) is 3.09. The summed E-state index contributed by atoms with van der Waals surface area (Å²) in [5.74, 6) is 0.581. The van der Waals surface area contributed by atoms with Crippen LogP contribution in [0, 0.1) is 0 Å². The number of carbonyl (C=O) groups is 1. The van der Waals surface area contributed by atoms with Crippen LogP contribution in [-0.2, 0) is 0 Å². The number of halogens is 2. The van der Waals surface area contributed by atoms with E-state index in [4.69, 9.17) is 32.4 Å². The van der Waals surface area contributed by atoms with Gasteiger partial charge in [-0.05, 0) is 30.3 Å². The molecule has 0 atom stereocenters. The maximum atomic E-state index is 12.5. The fraction of sp³-hybridized carbons (Fsp3) is 0.0625. The van der Waals surface area contributed by atoms with Gasteiger partial charge in [0, 0.05) is 16.0 Å². The summed E-state index contributed by atoms with van der Waals surface area (Å²) >= 11 is 12.0. The summed E-state index contributed by atoms with van der Waals surface area (Å²) in [6.45, 7) is 0. The van der Waals surface area contributed by atoms with Crippen LogP contribution in [0.3, 0.4) is 0 Å². The minimum absolute atomic E-state index is 0.211. The number of hydrogen-bond acceptors (Lipinski definition) is 3. The zero-order valence-electron chi connectivity index (χ0n) is 11.0. The minimum Gasteiger partial charge on any atom is -0.497 e. The number of furan rings is 1. The largest absolute Gasteiger partial charge is 0.497 e. The van der Waals surface area contributed by atoms with Crippen molar-refractivity contribution in [3.8, 4) is 5.75 Å². The van der Waals surface area contributed by atoms with Gasteiger partial charge in [-0.25, -0.2) is 0 Å². The molecule has 5 heteroatoms. The van der Waals surface area contributed by atoms with Gasteiger partial charge < -0.3 is 9.15 Å². The Labute approximate surface area is 131 Å². The molecule has 1 aromatic heterocycles. The highest BCUT2D eigenvalue weighted by Gasteiger charge is 2.17. The van der Waals surface area contributed by atoms with E-state index in [1.807, 2.05) is 0 Å². The molecule has 0 amide bonds. The molecule has 0 aliphatic heterocycles. The number of benzene rings is 2. The predicted molar refractivity (Wildman–Crippen MR) is 82.7 cm³/mol. The van der Waals surface area contributed by atoms with Crippen molar-refractivity contribution < 1.29 is 13.9 Å². The van der Waals surface area contributed by atoms with E-state index in [-0.39, 0.29) is 11.5 Å². The van der Waals surface area contributed by atoms with Crippen molar-refractivity contribution in [3.63, 3.8) is 0 Å². The van der Waals surface area contributed by atoms with Gasteiger partial charge in [0.1, 0.15) is 5.75 Å². The number of ether oxygens (including phenoxy) is 1. The molecule has 0 unspecified atom stereocenters. The Bertz CT molecular complexity index is 837. The zero-order valence-corrected chi connectivity index (χ0v) is 12.5. The molecule has 106 valence electrons. The van der Waals surface area contributed by atoms with Crippen LogP contribution in [0.15, 0.2) is 46.9 Å². The van der Waals surface area contributed by atoms with E-state index < -0.39 is 0 Å². The van der Waals surface area contributed by atoms with Crippen LogP contribution < -0.4 is 4.74 Å². The van der Waals surface area contributed by atoms with Crippen molar-refractivity contribution in [2.24, 2.45) is 0 Å².